The van der Waals surface area contributed by atoms with Gasteiger partial charge in [0.25, 0.3) is 0 Å². The summed E-state index contributed by atoms with van der Waals surface area (Å²) in [6, 6.07) is 0.695. The Morgan fingerprint density at radius 1 is 1.07 bits per heavy atom. The van der Waals surface area contributed by atoms with Gasteiger partial charge in [-0.3, -0.25) is 4.90 Å². The molecule has 0 saturated carbocycles. The molecule has 0 aromatic heterocycles. The van der Waals surface area contributed by atoms with Crippen molar-refractivity contribution >= 4 is 25.3 Å². The third-order valence-electron chi connectivity index (χ3n) is 2.62. The Hall–Kier alpha value is 0.660. The Bertz CT molecular complexity index is 114. The number of nitrogens with zero attached hydrogens (tertiary/aromatic N) is 1. The molecule has 0 aromatic rings. The van der Waals surface area contributed by atoms with Crippen LogP contribution in [-0.2, 0) is 0 Å². The first kappa shape index (κ1) is 14.7. The van der Waals surface area contributed by atoms with Crippen molar-refractivity contribution < 1.29 is 0 Å². The van der Waals surface area contributed by atoms with Crippen molar-refractivity contribution in [1.82, 2.24) is 4.90 Å². The third-order valence-corrected chi connectivity index (χ3v) is 3.02. The van der Waals surface area contributed by atoms with Crippen LogP contribution in [0.15, 0.2) is 0 Å². The molecule has 0 fully saturated rings. The smallest absolute Gasteiger partial charge is 0.00730 e. The van der Waals surface area contributed by atoms with E-state index in [1.807, 2.05) is 0 Å². The number of thiol groups is 2. The van der Waals surface area contributed by atoms with Gasteiger partial charge in [0.1, 0.15) is 0 Å². The normalized spacial score (nSPS) is 13.5. The molecule has 0 aliphatic rings. The SMILES string of the molecule is CCCCCC(C)N(CCS)CCS. The van der Waals surface area contributed by atoms with E-state index >= 15 is 0 Å². The first-order valence-electron chi connectivity index (χ1n) is 5.72. The van der Waals surface area contributed by atoms with Crippen molar-refractivity contribution in [3.8, 4) is 0 Å². The van der Waals surface area contributed by atoms with Crippen LogP contribution in [-0.4, -0.2) is 35.5 Å². The fraction of sp³-hybridized carbons (Fsp3) is 1.00. The molecule has 14 heavy (non-hydrogen) atoms. The molecule has 0 spiro atoms. The van der Waals surface area contributed by atoms with E-state index < -0.39 is 0 Å². The van der Waals surface area contributed by atoms with Crippen LogP contribution >= 0.6 is 25.3 Å². The van der Waals surface area contributed by atoms with Crippen molar-refractivity contribution in [3.05, 3.63) is 0 Å². The Labute approximate surface area is 100 Å². The first-order chi connectivity index (χ1) is 6.76. The second-order valence-electron chi connectivity index (χ2n) is 3.83. The predicted molar refractivity (Wildman–Crippen MR) is 72.9 cm³/mol. The summed E-state index contributed by atoms with van der Waals surface area (Å²) in [7, 11) is 0. The molecular formula is C11H25NS2. The van der Waals surface area contributed by atoms with Crippen molar-refractivity contribution in [2.45, 2.75) is 45.6 Å². The Kier molecular flexibility index (Phi) is 10.7. The van der Waals surface area contributed by atoms with E-state index in [0.29, 0.717) is 6.04 Å². The first-order valence-corrected chi connectivity index (χ1v) is 6.98. The molecule has 0 saturated heterocycles. The van der Waals surface area contributed by atoms with E-state index in [-0.39, 0.29) is 0 Å². The summed E-state index contributed by atoms with van der Waals surface area (Å²) < 4.78 is 0. The lowest BCUT2D eigenvalue weighted by Crippen LogP contribution is -2.36. The van der Waals surface area contributed by atoms with Gasteiger partial charge >= 0.3 is 0 Å². The largest absolute Gasteiger partial charge is 0.299 e. The minimum absolute atomic E-state index is 0.695. The van der Waals surface area contributed by atoms with Crippen LogP contribution in [0, 0.1) is 0 Å². The summed E-state index contributed by atoms with van der Waals surface area (Å²) in [5, 5.41) is 0. The fourth-order valence-electron chi connectivity index (χ4n) is 1.68. The second kappa shape index (κ2) is 10.2. The van der Waals surface area contributed by atoms with Gasteiger partial charge in [0.15, 0.2) is 0 Å². The van der Waals surface area contributed by atoms with Crippen LogP contribution in [0.5, 0.6) is 0 Å². The van der Waals surface area contributed by atoms with Gasteiger partial charge in [-0.05, 0) is 13.3 Å². The zero-order valence-corrected chi connectivity index (χ0v) is 11.4. The van der Waals surface area contributed by atoms with E-state index in [2.05, 4.69) is 44.0 Å². The molecule has 0 bridgehead atoms. The minimum atomic E-state index is 0.695. The van der Waals surface area contributed by atoms with Crippen molar-refractivity contribution in [1.29, 1.82) is 0 Å². The quantitative estimate of drug-likeness (QED) is 0.459. The second-order valence-corrected chi connectivity index (χ2v) is 4.72. The number of hydrogen-bond acceptors (Lipinski definition) is 3. The Morgan fingerprint density at radius 3 is 2.07 bits per heavy atom. The summed E-state index contributed by atoms with van der Waals surface area (Å²) in [4.78, 5) is 2.50. The maximum absolute atomic E-state index is 4.29. The van der Waals surface area contributed by atoms with E-state index in [1.165, 1.54) is 25.7 Å². The Morgan fingerprint density at radius 2 is 1.64 bits per heavy atom. The summed E-state index contributed by atoms with van der Waals surface area (Å²) in [6.45, 7) is 6.76. The monoisotopic (exact) mass is 235 g/mol. The number of rotatable bonds is 9. The van der Waals surface area contributed by atoms with E-state index in [4.69, 9.17) is 0 Å². The zero-order valence-electron chi connectivity index (χ0n) is 9.58. The van der Waals surface area contributed by atoms with Crippen molar-refractivity contribution in [2.75, 3.05) is 24.6 Å². The standard InChI is InChI=1S/C11H25NS2/c1-3-4-5-6-11(2)12(7-9-13)8-10-14/h11,13-14H,3-10H2,1-2H3. The molecule has 0 aliphatic heterocycles. The molecule has 1 nitrogen and oxygen atoms in total. The lowest BCUT2D eigenvalue weighted by atomic mass is 10.1. The van der Waals surface area contributed by atoms with E-state index in [1.54, 1.807) is 0 Å². The third kappa shape index (κ3) is 7.02. The predicted octanol–water partition coefficient (Wildman–Crippen LogP) is 3.12. The van der Waals surface area contributed by atoms with Crippen LogP contribution < -0.4 is 0 Å². The zero-order chi connectivity index (χ0) is 10.8. The molecule has 0 N–H and O–H groups in total. The topological polar surface area (TPSA) is 3.24 Å². The molecule has 3 heteroatoms. The highest BCUT2D eigenvalue weighted by Crippen LogP contribution is 2.09. The molecule has 0 aliphatic carbocycles. The van der Waals surface area contributed by atoms with Gasteiger partial charge in [0.2, 0.25) is 0 Å². The van der Waals surface area contributed by atoms with Crippen LogP contribution in [0.4, 0.5) is 0 Å². The van der Waals surface area contributed by atoms with Crippen molar-refractivity contribution in [3.63, 3.8) is 0 Å². The molecule has 0 radical (unpaired) electrons. The van der Waals surface area contributed by atoms with Crippen LogP contribution in [0.3, 0.4) is 0 Å². The highest BCUT2D eigenvalue weighted by molar-refractivity contribution is 7.80. The minimum Gasteiger partial charge on any atom is -0.299 e. The highest BCUT2D eigenvalue weighted by atomic mass is 32.1. The van der Waals surface area contributed by atoms with Crippen LogP contribution in [0.25, 0.3) is 0 Å². The summed E-state index contributed by atoms with van der Waals surface area (Å²) in [6.07, 6.45) is 5.34. The summed E-state index contributed by atoms with van der Waals surface area (Å²) in [5.41, 5.74) is 0. The maximum atomic E-state index is 4.29. The highest BCUT2D eigenvalue weighted by Gasteiger charge is 2.11. The molecular weight excluding hydrogens is 210 g/mol. The van der Waals surface area contributed by atoms with E-state index in [0.717, 1.165) is 24.6 Å². The fourth-order valence-corrected chi connectivity index (χ4v) is 2.20. The van der Waals surface area contributed by atoms with Crippen molar-refractivity contribution in [2.24, 2.45) is 0 Å². The molecule has 0 rings (SSSR count). The van der Waals surface area contributed by atoms with Crippen LogP contribution in [0.2, 0.25) is 0 Å². The van der Waals surface area contributed by atoms with Gasteiger partial charge in [-0.2, -0.15) is 25.3 Å². The van der Waals surface area contributed by atoms with Crippen LogP contribution in [0.1, 0.15) is 39.5 Å². The average Bonchev–Trinajstić information content (AvgIpc) is 2.18. The summed E-state index contributed by atoms with van der Waals surface area (Å²) in [5.74, 6) is 1.90. The average molecular weight is 235 g/mol. The molecule has 1 unspecified atom stereocenters. The van der Waals surface area contributed by atoms with Gasteiger partial charge in [-0.1, -0.05) is 26.2 Å². The Balaban J connectivity index is 3.69. The number of hydrogen-bond donors (Lipinski definition) is 2. The van der Waals surface area contributed by atoms with Gasteiger partial charge in [0.05, 0.1) is 0 Å². The molecule has 86 valence electrons. The lowest BCUT2D eigenvalue weighted by Gasteiger charge is -2.28. The molecule has 1 atom stereocenters. The van der Waals surface area contributed by atoms with E-state index in [9.17, 15) is 0 Å². The van der Waals surface area contributed by atoms with Gasteiger partial charge in [0, 0.05) is 30.6 Å². The lowest BCUT2D eigenvalue weighted by molar-refractivity contribution is 0.221. The number of unbranched alkanes of at least 4 members (excludes halogenated alkanes) is 2. The molecule has 0 amide bonds. The maximum Gasteiger partial charge on any atom is 0.00730 e. The molecule has 0 aromatic carbocycles. The molecule has 0 heterocycles. The summed E-state index contributed by atoms with van der Waals surface area (Å²) >= 11 is 8.58. The van der Waals surface area contributed by atoms with Gasteiger partial charge in [-0.15, -0.1) is 0 Å². The van der Waals surface area contributed by atoms with Gasteiger partial charge in [-0.25, -0.2) is 0 Å². The van der Waals surface area contributed by atoms with Gasteiger partial charge < -0.3 is 0 Å².